The van der Waals surface area contributed by atoms with E-state index >= 15 is 0 Å². The Hall–Kier alpha value is -1.91. The van der Waals surface area contributed by atoms with Crippen molar-refractivity contribution < 1.29 is 26.4 Å². The van der Waals surface area contributed by atoms with Crippen LogP contribution in [0, 0.1) is 0 Å². The van der Waals surface area contributed by atoms with Crippen molar-refractivity contribution in [1.82, 2.24) is 0 Å². The zero-order valence-electron chi connectivity index (χ0n) is 28.0. The molecule has 0 radical (unpaired) electrons. The molecule has 0 spiro atoms. The Morgan fingerprint density at radius 3 is 1.56 bits per heavy atom. The molecule has 250 valence electrons. The van der Waals surface area contributed by atoms with E-state index in [1.165, 1.54) is 75.9 Å². The second-order valence-corrected chi connectivity index (χ2v) is 30.9. The van der Waals surface area contributed by atoms with Crippen molar-refractivity contribution in [2.24, 2.45) is 0 Å². The predicted molar refractivity (Wildman–Crippen MR) is 188 cm³/mol. The van der Waals surface area contributed by atoms with Gasteiger partial charge in [0, 0.05) is 0 Å². The summed E-state index contributed by atoms with van der Waals surface area (Å²) in [5.74, 6) is -0.470. The minimum atomic E-state index is -4.43. The predicted octanol–water partition coefficient (Wildman–Crippen LogP) is 9.33. The zero-order valence-corrected chi connectivity index (χ0v) is 32.5. The molecule has 0 unspecified atom stereocenters. The standard InChI is InChI=1S/C24H27O6S2.3C4H9.Sn/c1-20(2)16-18-24(17-10-11-19-30-21(3)25,31(26,27)22-12-6-4-7-13-22)32(28,29)23-14-8-5-9-15-23;3*1-3-4-2;/h4-16H,1,17-19H2,2-3H3;3*1,3-4H2,2H3;/b11-10+,20-16-;;;;. The molecule has 0 saturated heterocycles. The fourth-order valence-electron chi connectivity index (χ4n) is 6.08. The van der Waals surface area contributed by atoms with Gasteiger partial charge in [0.15, 0.2) is 0 Å². The first-order valence-corrected chi connectivity index (χ1v) is 27.5. The normalized spacial score (nSPS) is 13.3. The fraction of sp³-hybridized carbons (Fsp3) is 0.528. The van der Waals surface area contributed by atoms with Crippen LogP contribution in [-0.4, -0.2) is 51.9 Å². The molecule has 0 aliphatic rings. The number of sulfone groups is 2. The number of hydrogen-bond acceptors (Lipinski definition) is 6. The number of esters is 1. The number of carbonyl (C=O) groups is 1. The molecule has 0 fully saturated rings. The Bertz CT molecular complexity index is 1360. The van der Waals surface area contributed by atoms with Gasteiger partial charge in [0.2, 0.25) is 0 Å². The van der Waals surface area contributed by atoms with Crippen molar-refractivity contribution in [3.05, 3.63) is 84.5 Å². The summed E-state index contributed by atoms with van der Waals surface area (Å²) in [7, 11) is -8.86. The van der Waals surface area contributed by atoms with Gasteiger partial charge in [-0.25, -0.2) is 0 Å². The minimum absolute atomic E-state index is 0.0358. The number of hydrogen-bond donors (Lipinski definition) is 0. The van der Waals surface area contributed by atoms with E-state index in [-0.39, 0.29) is 29.2 Å². The Morgan fingerprint density at radius 1 is 0.711 bits per heavy atom. The Balaban J connectivity index is 2.75. The molecule has 0 atom stereocenters. The average Bonchev–Trinajstić information content (AvgIpc) is 3.03. The second kappa shape index (κ2) is 19.0. The van der Waals surface area contributed by atoms with Crippen LogP contribution >= 0.6 is 0 Å². The summed E-state index contributed by atoms with van der Waals surface area (Å²) >= 11 is -2.64. The van der Waals surface area contributed by atoms with Gasteiger partial charge in [-0.3, -0.25) is 0 Å². The van der Waals surface area contributed by atoms with Gasteiger partial charge in [-0.05, 0) is 0 Å². The van der Waals surface area contributed by atoms with Crippen LogP contribution in [0.2, 0.25) is 17.7 Å². The van der Waals surface area contributed by atoms with Crippen LogP contribution in [0.15, 0.2) is 94.3 Å². The van der Waals surface area contributed by atoms with Gasteiger partial charge in [-0.2, -0.15) is 0 Å². The first-order chi connectivity index (χ1) is 21.4. The third-order valence-corrected chi connectivity index (χ3v) is 30.2. The number of unbranched alkanes of at least 4 members (excludes halogenated alkanes) is 3. The average molecular weight is 766 g/mol. The Kier molecular flexibility index (Phi) is 16.6. The monoisotopic (exact) mass is 766 g/mol. The SMILES string of the molecule is CCC[CH2][Sn]([CH2]CCC)([CH2]CCC)[CH2]/C(C)=C/CC(C/C=C/COC(C)=O)(S(=O)(=O)c1ccccc1)S(=O)(=O)c1ccccc1. The van der Waals surface area contributed by atoms with E-state index in [0.29, 0.717) is 0 Å². The van der Waals surface area contributed by atoms with Crippen molar-refractivity contribution in [3.8, 4) is 0 Å². The summed E-state index contributed by atoms with van der Waals surface area (Å²) < 4.78 is 66.4. The molecule has 0 amide bonds. The third-order valence-electron chi connectivity index (χ3n) is 8.66. The molecule has 2 aromatic carbocycles. The van der Waals surface area contributed by atoms with Crippen LogP contribution < -0.4 is 0 Å². The number of benzene rings is 2. The van der Waals surface area contributed by atoms with Gasteiger partial charge < -0.3 is 0 Å². The first kappa shape index (κ1) is 39.3. The molecule has 0 N–H and O–H groups in total. The summed E-state index contributed by atoms with van der Waals surface area (Å²) in [5, 5.41) is 0. The molecule has 0 saturated carbocycles. The van der Waals surface area contributed by atoms with Crippen LogP contribution in [0.1, 0.15) is 86.0 Å². The molecule has 2 rings (SSSR count). The van der Waals surface area contributed by atoms with E-state index in [9.17, 15) is 21.6 Å². The summed E-state index contributed by atoms with van der Waals surface area (Å²) in [5.41, 5.74) is 1.11. The maximum atomic E-state index is 14.7. The third kappa shape index (κ3) is 10.8. The summed E-state index contributed by atoms with van der Waals surface area (Å²) in [6.07, 6.45) is 11.6. The number of rotatable bonds is 21. The topological polar surface area (TPSA) is 94.6 Å². The molecule has 2 aromatic rings. The van der Waals surface area contributed by atoms with Gasteiger partial charge in [-0.1, -0.05) is 0 Å². The maximum absolute atomic E-state index is 14.7. The zero-order chi connectivity index (χ0) is 33.4. The Morgan fingerprint density at radius 2 is 1.16 bits per heavy atom. The van der Waals surface area contributed by atoms with Crippen LogP contribution in [0.5, 0.6) is 0 Å². The molecule has 0 aliphatic carbocycles. The van der Waals surface area contributed by atoms with Crippen molar-refractivity contribution >= 4 is 44.0 Å². The van der Waals surface area contributed by atoms with Crippen LogP contribution in [0.3, 0.4) is 0 Å². The molecule has 0 bridgehead atoms. The molecule has 0 heterocycles. The number of allylic oxidation sites excluding steroid dienone is 3. The van der Waals surface area contributed by atoms with Gasteiger partial charge in [0.1, 0.15) is 0 Å². The van der Waals surface area contributed by atoms with Crippen molar-refractivity contribution in [2.45, 2.75) is 118 Å². The molecule has 45 heavy (non-hydrogen) atoms. The van der Waals surface area contributed by atoms with Gasteiger partial charge in [0.25, 0.3) is 0 Å². The van der Waals surface area contributed by atoms with E-state index in [1.54, 1.807) is 36.4 Å². The van der Waals surface area contributed by atoms with E-state index < -0.39 is 48.1 Å². The quantitative estimate of drug-likeness (QED) is 0.0715. The Labute approximate surface area is 277 Å². The fourth-order valence-corrected chi connectivity index (χ4v) is 27.8. The van der Waals surface area contributed by atoms with Gasteiger partial charge in [-0.15, -0.1) is 0 Å². The van der Waals surface area contributed by atoms with Crippen LogP contribution in [0.25, 0.3) is 0 Å². The summed E-state index contributed by atoms with van der Waals surface area (Å²) in [4.78, 5) is 11.3. The second-order valence-electron chi connectivity index (χ2n) is 12.3. The molecule has 9 heteroatoms. The first-order valence-electron chi connectivity index (χ1n) is 16.4. The molecular formula is C36H54O6S2Sn. The van der Waals surface area contributed by atoms with Crippen molar-refractivity contribution in [1.29, 1.82) is 0 Å². The molecule has 0 aliphatic heterocycles. The van der Waals surface area contributed by atoms with E-state index in [0.717, 1.165) is 29.3 Å². The van der Waals surface area contributed by atoms with E-state index in [2.05, 4.69) is 27.7 Å². The van der Waals surface area contributed by atoms with Gasteiger partial charge in [0.05, 0.1) is 0 Å². The van der Waals surface area contributed by atoms with Crippen LogP contribution in [0.4, 0.5) is 0 Å². The number of carbonyl (C=O) groups excluding carboxylic acids is 1. The molecule has 6 nitrogen and oxygen atoms in total. The molecular weight excluding hydrogens is 711 g/mol. The van der Waals surface area contributed by atoms with Gasteiger partial charge >= 0.3 is 279 Å². The number of ether oxygens (including phenoxy) is 1. The van der Waals surface area contributed by atoms with Crippen molar-refractivity contribution in [3.63, 3.8) is 0 Å². The van der Waals surface area contributed by atoms with Crippen molar-refractivity contribution in [2.75, 3.05) is 6.61 Å². The van der Waals surface area contributed by atoms with E-state index in [1.807, 2.05) is 6.08 Å². The summed E-state index contributed by atoms with van der Waals surface area (Å²) in [6, 6.07) is 15.7. The van der Waals surface area contributed by atoms with Crippen LogP contribution in [-0.2, 0) is 29.2 Å². The van der Waals surface area contributed by atoms with E-state index in [4.69, 9.17) is 4.74 Å². The summed E-state index contributed by atoms with van der Waals surface area (Å²) in [6.45, 7) is 10.0. The molecule has 0 aromatic heterocycles.